The Balaban J connectivity index is 1.71. The lowest BCUT2D eigenvalue weighted by Gasteiger charge is -2.10. The van der Waals surface area contributed by atoms with Crippen LogP contribution in [0.25, 0.3) is 5.69 Å². The SMILES string of the molecule is O=C(Nc1ccc(F)c(F)c1F)c1nnn(-c2cc(Cl)cc(Cl)c2)c1CSc1ncccn1. The highest BCUT2D eigenvalue weighted by Crippen LogP contribution is 2.27. The zero-order valence-electron chi connectivity index (χ0n) is 16.3. The molecule has 7 nitrogen and oxygen atoms in total. The van der Waals surface area contributed by atoms with E-state index >= 15 is 0 Å². The largest absolute Gasteiger partial charge is 0.318 e. The van der Waals surface area contributed by atoms with Gasteiger partial charge in [-0.3, -0.25) is 4.79 Å². The molecule has 0 fully saturated rings. The summed E-state index contributed by atoms with van der Waals surface area (Å²) in [5.74, 6) is -5.38. The molecular weight excluding hydrogens is 500 g/mol. The fourth-order valence-electron chi connectivity index (χ4n) is 2.77. The molecule has 0 radical (unpaired) electrons. The number of rotatable bonds is 6. The van der Waals surface area contributed by atoms with Crippen LogP contribution in [-0.2, 0) is 5.75 Å². The van der Waals surface area contributed by atoms with Crippen molar-refractivity contribution in [3.05, 3.63) is 87.7 Å². The van der Waals surface area contributed by atoms with E-state index < -0.39 is 29.0 Å². The highest BCUT2D eigenvalue weighted by atomic mass is 35.5. The first kappa shape index (κ1) is 23.0. The van der Waals surface area contributed by atoms with E-state index in [4.69, 9.17) is 23.2 Å². The Morgan fingerprint density at radius 1 is 1.03 bits per heavy atom. The van der Waals surface area contributed by atoms with Crippen molar-refractivity contribution in [2.45, 2.75) is 10.9 Å². The van der Waals surface area contributed by atoms with Gasteiger partial charge >= 0.3 is 0 Å². The average molecular weight is 511 g/mol. The standard InChI is InChI=1S/C20H11Cl2F3N6OS/c21-10-6-11(22)8-12(7-10)31-15(9-33-20-26-4-1-5-27-20)18(29-30-31)19(32)28-14-3-2-13(23)16(24)17(14)25/h1-8H,9H2,(H,28,32). The van der Waals surface area contributed by atoms with E-state index in [1.165, 1.54) is 22.5 Å². The van der Waals surface area contributed by atoms with Crippen LogP contribution < -0.4 is 5.32 Å². The molecule has 0 bridgehead atoms. The Labute approximate surface area is 199 Å². The molecule has 0 aliphatic heterocycles. The summed E-state index contributed by atoms with van der Waals surface area (Å²) >= 11 is 13.4. The molecule has 0 aliphatic carbocycles. The molecule has 1 N–H and O–H groups in total. The van der Waals surface area contributed by atoms with Crippen LogP contribution in [0.3, 0.4) is 0 Å². The monoisotopic (exact) mass is 510 g/mol. The van der Waals surface area contributed by atoms with Crippen LogP contribution in [0.1, 0.15) is 16.2 Å². The number of hydrogen-bond acceptors (Lipinski definition) is 6. The van der Waals surface area contributed by atoms with Gasteiger partial charge in [0.05, 0.1) is 17.1 Å². The summed E-state index contributed by atoms with van der Waals surface area (Å²) in [5.41, 5.74) is -0.0307. The quantitative estimate of drug-likeness (QED) is 0.214. The molecule has 2 aromatic heterocycles. The Bertz CT molecular complexity index is 1320. The summed E-state index contributed by atoms with van der Waals surface area (Å²) in [6.07, 6.45) is 3.11. The highest BCUT2D eigenvalue weighted by molar-refractivity contribution is 7.98. The maximum atomic E-state index is 14.0. The molecule has 0 saturated heterocycles. The molecule has 13 heteroatoms. The second-order valence-corrected chi connectivity index (χ2v) is 8.24. The number of hydrogen-bond donors (Lipinski definition) is 1. The van der Waals surface area contributed by atoms with Gasteiger partial charge in [-0.25, -0.2) is 27.8 Å². The number of anilines is 1. The average Bonchev–Trinajstić information content (AvgIpc) is 3.22. The number of nitrogens with one attached hydrogen (secondary N) is 1. The summed E-state index contributed by atoms with van der Waals surface area (Å²) < 4.78 is 42.2. The Hall–Kier alpha value is -3.15. The van der Waals surface area contributed by atoms with Gasteiger partial charge in [0, 0.05) is 28.2 Å². The third kappa shape index (κ3) is 5.10. The van der Waals surface area contributed by atoms with Gasteiger partial charge in [0.2, 0.25) is 0 Å². The minimum atomic E-state index is -1.71. The fraction of sp³-hybridized carbons (Fsp3) is 0.0500. The third-order valence-corrected chi connectivity index (χ3v) is 5.56. The van der Waals surface area contributed by atoms with Gasteiger partial charge in [-0.2, -0.15) is 0 Å². The van der Waals surface area contributed by atoms with Crippen molar-refractivity contribution in [2.24, 2.45) is 0 Å². The van der Waals surface area contributed by atoms with E-state index in [1.807, 2.05) is 0 Å². The van der Waals surface area contributed by atoms with Crippen LogP contribution in [0.5, 0.6) is 0 Å². The van der Waals surface area contributed by atoms with E-state index in [0.717, 1.165) is 6.07 Å². The number of nitrogens with zero attached hydrogens (tertiary/aromatic N) is 5. The highest BCUT2D eigenvalue weighted by Gasteiger charge is 2.24. The maximum Gasteiger partial charge on any atom is 0.278 e. The number of benzene rings is 2. The molecule has 0 spiro atoms. The number of carbonyl (C=O) groups excluding carboxylic acids is 1. The number of halogens is 5. The van der Waals surface area contributed by atoms with Gasteiger partial charge in [-0.05, 0) is 36.4 Å². The van der Waals surface area contributed by atoms with E-state index in [-0.39, 0.29) is 17.1 Å². The van der Waals surface area contributed by atoms with Crippen molar-refractivity contribution in [1.29, 1.82) is 0 Å². The molecule has 4 aromatic rings. The molecule has 1 amide bonds. The summed E-state index contributed by atoms with van der Waals surface area (Å²) in [7, 11) is 0. The van der Waals surface area contributed by atoms with Gasteiger partial charge in [0.15, 0.2) is 28.3 Å². The molecule has 0 aliphatic rings. The minimum absolute atomic E-state index is 0.129. The molecular formula is C20H11Cl2F3N6OS. The molecule has 4 rings (SSSR count). The molecule has 33 heavy (non-hydrogen) atoms. The van der Waals surface area contributed by atoms with Crippen molar-refractivity contribution in [1.82, 2.24) is 25.0 Å². The number of thioether (sulfide) groups is 1. The Kier molecular flexibility index (Phi) is 6.82. The van der Waals surface area contributed by atoms with Gasteiger partial charge < -0.3 is 5.32 Å². The lowest BCUT2D eigenvalue weighted by atomic mass is 10.2. The van der Waals surface area contributed by atoms with Crippen molar-refractivity contribution in [2.75, 3.05) is 5.32 Å². The Morgan fingerprint density at radius 2 is 1.73 bits per heavy atom. The van der Waals surface area contributed by atoms with E-state index in [2.05, 4.69) is 25.6 Å². The smallest absolute Gasteiger partial charge is 0.278 e. The van der Waals surface area contributed by atoms with Crippen LogP contribution in [0.15, 0.2) is 53.9 Å². The zero-order chi connectivity index (χ0) is 23.5. The van der Waals surface area contributed by atoms with Gasteiger partial charge in [-0.15, -0.1) is 5.10 Å². The number of aromatic nitrogens is 5. The van der Waals surface area contributed by atoms with Gasteiger partial charge in [-0.1, -0.05) is 40.2 Å². The van der Waals surface area contributed by atoms with E-state index in [9.17, 15) is 18.0 Å². The first-order chi connectivity index (χ1) is 15.8. The number of amides is 1. The van der Waals surface area contributed by atoms with E-state index in [1.54, 1.807) is 30.6 Å². The van der Waals surface area contributed by atoms with Crippen LogP contribution in [0.2, 0.25) is 10.0 Å². The first-order valence-electron chi connectivity index (χ1n) is 9.09. The number of carbonyl (C=O) groups is 1. The predicted molar refractivity (Wildman–Crippen MR) is 117 cm³/mol. The molecule has 2 aromatic carbocycles. The maximum absolute atomic E-state index is 14.0. The van der Waals surface area contributed by atoms with Crippen molar-refractivity contribution in [3.8, 4) is 5.69 Å². The fourth-order valence-corrected chi connectivity index (χ4v) is 4.08. The molecule has 0 unspecified atom stereocenters. The van der Waals surface area contributed by atoms with Crippen LogP contribution in [0, 0.1) is 17.5 Å². The van der Waals surface area contributed by atoms with Crippen LogP contribution >= 0.6 is 35.0 Å². The van der Waals surface area contributed by atoms with Crippen LogP contribution in [-0.4, -0.2) is 30.9 Å². The first-order valence-corrected chi connectivity index (χ1v) is 10.8. The normalized spacial score (nSPS) is 10.9. The second kappa shape index (κ2) is 9.77. The third-order valence-electron chi connectivity index (χ3n) is 4.23. The van der Waals surface area contributed by atoms with Crippen molar-refractivity contribution in [3.63, 3.8) is 0 Å². The zero-order valence-corrected chi connectivity index (χ0v) is 18.6. The lowest BCUT2D eigenvalue weighted by Crippen LogP contribution is -2.17. The second-order valence-electron chi connectivity index (χ2n) is 6.42. The Morgan fingerprint density at radius 3 is 2.42 bits per heavy atom. The van der Waals surface area contributed by atoms with Crippen molar-refractivity contribution < 1.29 is 18.0 Å². The molecule has 0 saturated carbocycles. The predicted octanol–water partition coefficient (Wildman–Crippen LogP) is 5.33. The van der Waals surface area contributed by atoms with Crippen LogP contribution in [0.4, 0.5) is 18.9 Å². The molecule has 168 valence electrons. The summed E-state index contributed by atoms with van der Waals surface area (Å²) in [5, 5.41) is 11.2. The van der Waals surface area contributed by atoms with E-state index in [0.29, 0.717) is 27.0 Å². The van der Waals surface area contributed by atoms with Crippen molar-refractivity contribution >= 4 is 46.6 Å². The summed E-state index contributed by atoms with van der Waals surface area (Å²) in [4.78, 5) is 21.1. The summed E-state index contributed by atoms with van der Waals surface area (Å²) in [6, 6.07) is 7.90. The van der Waals surface area contributed by atoms with Gasteiger partial charge in [0.25, 0.3) is 5.91 Å². The molecule has 2 heterocycles. The minimum Gasteiger partial charge on any atom is -0.318 e. The summed E-state index contributed by atoms with van der Waals surface area (Å²) in [6.45, 7) is 0. The van der Waals surface area contributed by atoms with Gasteiger partial charge in [0.1, 0.15) is 0 Å². The topological polar surface area (TPSA) is 85.6 Å². The molecule has 0 atom stereocenters. The lowest BCUT2D eigenvalue weighted by molar-refractivity contribution is 0.102.